The highest BCUT2D eigenvalue weighted by atomic mass is 32.2. The van der Waals surface area contributed by atoms with Crippen molar-refractivity contribution >= 4 is 15.7 Å². The van der Waals surface area contributed by atoms with E-state index in [0.717, 1.165) is 5.56 Å². The van der Waals surface area contributed by atoms with Gasteiger partial charge in [-0.3, -0.25) is 4.79 Å². The lowest BCUT2D eigenvalue weighted by Gasteiger charge is -2.28. The van der Waals surface area contributed by atoms with Crippen LogP contribution in [0.3, 0.4) is 0 Å². The molecule has 7 nitrogen and oxygen atoms in total. The van der Waals surface area contributed by atoms with Crippen molar-refractivity contribution in [1.82, 2.24) is 4.90 Å². The van der Waals surface area contributed by atoms with E-state index >= 15 is 0 Å². The summed E-state index contributed by atoms with van der Waals surface area (Å²) in [4.78, 5) is 14.5. The minimum atomic E-state index is -3.11. The van der Waals surface area contributed by atoms with Gasteiger partial charge in [0.15, 0.2) is 27.9 Å². The zero-order valence-electron chi connectivity index (χ0n) is 15.2. The van der Waals surface area contributed by atoms with E-state index in [1.54, 1.807) is 23.1 Å². The molecular weight excluding hydrogens is 382 g/mol. The minimum absolute atomic E-state index is 0.00437. The first-order valence-electron chi connectivity index (χ1n) is 9.06. The van der Waals surface area contributed by atoms with Crippen molar-refractivity contribution in [2.24, 2.45) is 0 Å². The van der Waals surface area contributed by atoms with Crippen LogP contribution in [0.4, 0.5) is 0 Å². The molecule has 148 valence electrons. The molecule has 1 fully saturated rings. The minimum Gasteiger partial charge on any atom is -0.484 e. The summed E-state index contributed by atoms with van der Waals surface area (Å²) in [5.74, 6) is 1.57. The van der Waals surface area contributed by atoms with Gasteiger partial charge in [-0.25, -0.2) is 8.42 Å². The second-order valence-corrected chi connectivity index (χ2v) is 9.10. The second-order valence-electron chi connectivity index (χ2n) is 6.87. The van der Waals surface area contributed by atoms with Gasteiger partial charge < -0.3 is 19.1 Å². The topological polar surface area (TPSA) is 82.1 Å². The summed E-state index contributed by atoms with van der Waals surface area (Å²) < 4.78 is 40.0. The van der Waals surface area contributed by atoms with Crippen LogP contribution in [0.5, 0.6) is 17.2 Å². The molecule has 2 heterocycles. The average Bonchev–Trinajstić information content (AvgIpc) is 3.30. The van der Waals surface area contributed by atoms with Crippen LogP contribution in [-0.2, 0) is 21.2 Å². The first kappa shape index (κ1) is 18.6. The normalized spacial score (nSPS) is 19.4. The molecule has 2 aromatic carbocycles. The number of carbonyl (C=O) groups excluding carboxylic acids is 1. The molecule has 0 aliphatic carbocycles. The van der Waals surface area contributed by atoms with Crippen molar-refractivity contribution in [1.29, 1.82) is 0 Å². The number of benzene rings is 2. The third-order valence-corrected chi connectivity index (χ3v) is 6.62. The van der Waals surface area contributed by atoms with Crippen LogP contribution in [0.25, 0.3) is 0 Å². The van der Waals surface area contributed by atoms with Crippen molar-refractivity contribution in [3.05, 3.63) is 54.1 Å². The molecule has 0 bridgehead atoms. The maximum Gasteiger partial charge on any atom is 0.261 e. The highest BCUT2D eigenvalue weighted by Crippen LogP contribution is 2.35. The van der Waals surface area contributed by atoms with E-state index in [4.69, 9.17) is 14.2 Å². The third kappa shape index (κ3) is 4.22. The zero-order valence-corrected chi connectivity index (χ0v) is 16.1. The monoisotopic (exact) mass is 403 g/mol. The van der Waals surface area contributed by atoms with Crippen molar-refractivity contribution in [2.45, 2.75) is 19.0 Å². The Morgan fingerprint density at radius 2 is 1.89 bits per heavy atom. The summed E-state index contributed by atoms with van der Waals surface area (Å²) in [6.45, 7) is 0.339. The van der Waals surface area contributed by atoms with Crippen molar-refractivity contribution in [3.63, 3.8) is 0 Å². The van der Waals surface area contributed by atoms with Crippen LogP contribution >= 0.6 is 0 Å². The Morgan fingerprint density at radius 3 is 2.64 bits per heavy atom. The van der Waals surface area contributed by atoms with Gasteiger partial charge in [-0.2, -0.15) is 0 Å². The standard InChI is InChI=1S/C20H21NO6S/c22-20(12-25-17-6-7-18-19(10-17)27-14-26-18)21(11-15-4-2-1-3-5-15)16-8-9-28(23,24)13-16/h1-7,10,16H,8-9,11-14H2. The summed E-state index contributed by atoms with van der Waals surface area (Å²) in [6, 6.07) is 14.3. The molecule has 28 heavy (non-hydrogen) atoms. The summed E-state index contributed by atoms with van der Waals surface area (Å²) >= 11 is 0. The van der Waals surface area contributed by atoms with E-state index in [2.05, 4.69) is 0 Å². The molecular formula is C20H21NO6S. The molecule has 0 saturated carbocycles. The Morgan fingerprint density at radius 1 is 1.11 bits per heavy atom. The molecule has 2 aliphatic rings. The highest BCUT2D eigenvalue weighted by Gasteiger charge is 2.34. The number of hydrogen-bond donors (Lipinski definition) is 0. The van der Waals surface area contributed by atoms with Crippen molar-refractivity contribution in [3.8, 4) is 17.2 Å². The Bertz CT molecular complexity index is 960. The Labute approximate surface area is 163 Å². The van der Waals surface area contributed by atoms with Crippen LogP contribution in [0.1, 0.15) is 12.0 Å². The number of amides is 1. The fourth-order valence-electron chi connectivity index (χ4n) is 3.42. The van der Waals surface area contributed by atoms with Gasteiger partial charge in [-0.1, -0.05) is 30.3 Å². The van der Waals surface area contributed by atoms with Gasteiger partial charge >= 0.3 is 0 Å². The van der Waals surface area contributed by atoms with Crippen LogP contribution < -0.4 is 14.2 Å². The number of nitrogens with zero attached hydrogens (tertiary/aromatic N) is 1. The molecule has 0 radical (unpaired) electrons. The Kier molecular flexibility index (Phi) is 5.13. The van der Waals surface area contributed by atoms with Crippen molar-refractivity contribution in [2.75, 3.05) is 24.9 Å². The van der Waals surface area contributed by atoms with Gasteiger partial charge in [-0.15, -0.1) is 0 Å². The Hall–Kier alpha value is -2.74. The van der Waals surface area contributed by atoms with Gasteiger partial charge in [0.25, 0.3) is 5.91 Å². The second kappa shape index (κ2) is 7.71. The number of sulfone groups is 1. The SMILES string of the molecule is O=C(COc1ccc2c(c1)OCO2)N(Cc1ccccc1)C1CCS(=O)(=O)C1. The van der Waals surface area contributed by atoms with Crippen LogP contribution in [-0.4, -0.2) is 50.2 Å². The molecule has 0 spiro atoms. The molecule has 8 heteroatoms. The Balaban J connectivity index is 1.46. The van der Waals surface area contributed by atoms with Gasteiger partial charge in [-0.05, 0) is 24.1 Å². The lowest BCUT2D eigenvalue weighted by molar-refractivity contribution is -0.136. The van der Waals surface area contributed by atoms with Gasteiger partial charge in [0.1, 0.15) is 5.75 Å². The molecule has 2 aromatic rings. The third-order valence-electron chi connectivity index (χ3n) is 4.87. The fraction of sp³-hybridized carbons (Fsp3) is 0.350. The first-order valence-corrected chi connectivity index (χ1v) is 10.9. The molecule has 0 N–H and O–H groups in total. The number of carbonyl (C=O) groups is 1. The van der Waals surface area contributed by atoms with Crippen LogP contribution in [0.15, 0.2) is 48.5 Å². The molecule has 1 unspecified atom stereocenters. The zero-order chi connectivity index (χ0) is 19.6. The van der Waals surface area contributed by atoms with Gasteiger partial charge in [0.05, 0.1) is 11.5 Å². The predicted octanol–water partition coefficient (Wildman–Crippen LogP) is 2.01. The van der Waals surface area contributed by atoms with E-state index in [1.165, 1.54) is 0 Å². The van der Waals surface area contributed by atoms with E-state index in [9.17, 15) is 13.2 Å². The fourth-order valence-corrected chi connectivity index (χ4v) is 5.15. The molecule has 4 rings (SSSR count). The summed E-state index contributed by atoms with van der Waals surface area (Å²) in [7, 11) is -3.11. The van der Waals surface area contributed by atoms with E-state index in [1.807, 2.05) is 30.3 Å². The number of fused-ring (bicyclic) bond motifs is 1. The maximum atomic E-state index is 12.9. The lowest BCUT2D eigenvalue weighted by Crippen LogP contribution is -2.43. The quantitative estimate of drug-likeness (QED) is 0.734. The van der Waals surface area contributed by atoms with Gasteiger partial charge in [0.2, 0.25) is 6.79 Å². The summed E-state index contributed by atoms with van der Waals surface area (Å²) in [6.07, 6.45) is 0.449. The smallest absolute Gasteiger partial charge is 0.261 e. The van der Waals surface area contributed by atoms with Crippen LogP contribution in [0.2, 0.25) is 0 Å². The van der Waals surface area contributed by atoms with Crippen LogP contribution in [0, 0.1) is 0 Å². The first-order chi connectivity index (χ1) is 13.5. The summed E-state index contributed by atoms with van der Waals surface area (Å²) in [5.41, 5.74) is 0.947. The summed E-state index contributed by atoms with van der Waals surface area (Å²) in [5, 5.41) is 0. The largest absolute Gasteiger partial charge is 0.484 e. The number of ether oxygens (including phenoxy) is 3. The average molecular weight is 403 g/mol. The highest BCUT2D eigenvalue weighted by molar-refractivity contribution is 7.91. The number of rotatable bonds is 6. The molecule has 1 amide bonds. The predicted molar refractivity (Wildman–Crippen MR) is 102 cm³/mol. The molecule has 1 saturated heterocycles. The molecule has 0 aromatic heterocycles. The molecule has 1 atom stereocenters. The molecule has 2 aliphatic heterocycles. The maximum absolute atomic E-state index is 12.9. The lowest BCUT2D eigenvalue weighted by atomic mass is 10.1. The van der Waals surface area contributed by atoms with Gasteiger partial charge in [0, 0.05) is 18.7 Å². The van der Waals surface area contributed by atoms with E-state index in [-0.39, 0.29) is 36.9 Å². The van der Waals surface area contributed by atoms with E-state index in [0.29, 0.717) is 30.2 Å². The van der Waals surface area contributed by atoms with Crippen molar-refractivity contribution < 1.29 is 27.4 Å². The number of hydrogen-bond acceptors (Lipinski definition) is 6. The van der Waals surface area contributed by atoms with E-state index < -0.39 is 9.84 Å².